The molecule has 120 valence electrons. The third-order valence-corrected chi connectivity index (χ3v) is 3.31. The predicted octanol–water partition coefficient (Wildman–Crippen LogP) is 3.74. The lowest BCUT2D eigenvalue weighted by Crippen LogP contribution is -2.31. The molecule has 5 nitrogen and oxygen atoms in total. The molecule has 23 heavy (non-hydrogen) atoms. The van der Waals surface area contributed by atoms with Crippen molar-refractivity contribution in [2.24, 2.45) is 0 Å². The number of amides is 2. The summed E-state index contributed by atoms with van der Waals surface area (Å²) in [6.07, 6.45) is 0. The summed E-state index contributed by atoms with van der Waals surface area (Å²) in [7, 11) is 0. The second-order valence-corrected chi connectivity index (χ2v) is 5.56. The van der Waals surface area contributed by atoms with Crippen molar-refractivity contribution < 1.29 is 9.59 Å². The van der Waals surface area contributed by atoms with E-state index in [1.54, 1.807) is 55.5 Å². The van der Waals surface area contributed by atoms with E-state index in [-0.39, 0.29) is 11.8 Å². The van der Waals surface area contributed by atoms with E-state index in [0.29, 0.717) is 16.4 Å². The first kappa shape index (κ1) is 16.8. The van der Waals surface area contributed by atoms with E-state index < -0.39 is 6.04 Å². The second kappa shape index (κ2) is 7.65. The van der Waals surface area contributed by atoms with Gasteiger partial charge in [-0.2, -0.15) is 0 Å². The Morgan fingerprint density at radius 3 is 2.22 bits per heavy atom. The van der Waals surface area contributed by atoms with Gasteiger partial charge in [0.15, 0.2) is 0 Å². The van der Waals surface area contributed by atoms with Crippen LogP contribution in [0.5, 0.6) is 0 Å². The number of carbonyl (C=O) groups is 2. The van der Waals surface area contributed by atoms with Gasteiger partial charge >= 0.3 is 0 Å². The SMILES string of the molecule is CC(=O)Nc1ccc(N[C@@H](C)C(=O)Nc2cccc(Cl)c2)cc1. The van der Waals surface area contributed by atoms with Crippen molar-refractivity contribution in [2.45, 2.75) is 19.9 Å². The van der Waals surface area contributed by atoms with Crippen molar-refractivity contribution in [1.29, 1.82) is 0 Å². The van der Waals surface area contributed by atoms with E-state index >= 15 is 0 Å². The Balaban J connectivity index is 1.94. The summed E-state index contributed by atoms with van der Waals surface area (Å²) in [5.74, 6) is -0.293. The number of nitrogens with one attached hydrogen (secondary N) is 3. The first-order chi connectivity index (χ1) is 10.9. The van der Waals surface area contributed by atoms with Crippen LogP contribution in [0.25, 0.3) is 0 Å². The van der Waals surface area contributed by atoms with E-state index in [1.807, 2.05) is 0 Å². The highest BCUT2D eigenvalue weighted by Gasteiger charge is 2.13. The van der Waals surface area contributed by atoms with Crippen LogP contribution in [0.1, 0.15) is 13.8 Å². The molecule has 0 aromatic heterocycles. The Bertz CT molecular complexity index is 701. The zero-order valence-electron chi connectivity index (χ0n) is 12.9. The van der Waals surface area contributed by atoms with Crippen molar-refractivity contribution >= 4 is 40.5 Å². The van der Waals surface area contributed by atoms with Crippen molar-refractivity contribution in [3.8, 4) is 0 Å². The summed E-state index contributed by atoms with van der Waals surface area (Å²) in [5, 5.41) is 9.15. The van der Waals surface area contributed by atoms with Gasteiger partial charge < -0.3 is 16.0 Å². The number of carbonyl (C=O) groups excluding carboxylic acids is 2. The molecule has 0 radical (unpaired) electrons. The van der Waals surface area contributed by atoms with Crippen LogP contribution in [-0.4, -0.2) is 17.9 Å². The van der Waals surface area contributed by atoms with Crippen LogP contribution < -0.4 is 16.0 Å². The average Bonchev–Trinajstić information content (AvgIpc) is 2.48. The fourth-order valence-corrected chi connectivity index (χ4v) is 2.18. The largest absolute Gasteiger partial charge is 0.374 e. The van der Waals surface area contributed by atoms with Gasteiger partial charge in [-0.3, -0.25) is 9.59 Å². The highest BCUT2D eigenvalue weighted by atomic mass is 35.5. The first-order valence-corrected chi connectivity index (χ1v) is 7.52. The third kappa shape index (κ3) is 5.30. The van der Waals surface area contributed by atoms with E-state index in [1.165, 1.54) is 6.92 Å². The van der Waals surface area contributed by atoms with Crippen LogP contribution in [-0.2, 0) is 9.59 Å². The lowest BCUT2D eigenvalue weighted by atomic mass is 10.2. The van der Waals surface area contributed by atoms with E-state index in [0.717, 1.165) is 5.69 Å². The maximum Gasteiger partial charge on any atom is 0.246 e. The Labute approximate surface area is 140 Å². The lowest BCUT2D eigenvalue weighted by molar-refractivity contribution is -0.116. The zero-order chi connectivity index (χ0) is 16.8. The minimum atomic E-state index is -0.430. The number of hydrogen-bond donors (Lipinski definition) is 3. The topological polar surface area (TPSA) is 70.2 Å². The van der Waals surface area contributed by atoms with Gasteiger partial charge in [0, 0.05) is 29.0 Å². The number of hydrogen-bond acceptors (Lipinski definition) is 3. The van der Waals surface area contributed by atoms with Crippen molar-refractivity contribution in [3.05, 3.63) is 53.6 Å². The molecule has 6 heteroatoms. The molecule has 3 N–H and O–H groups in total. The molecule has 2 amide bonds. The normalized spacial score (nSPS) is 11.4. The molecule has 0 aliphatic rings. The molecule has 0 aliphatic heterocycles. The molecule has 0 unspecified atom stereocenters. The highest BCUT2D eigenvalue weighted by Crippen LogP contribution is 2.17. The Morgan fingerprint density at radius 2 is 1.61 bits per heavy atom. The molecule has 0 bridgehead atoms. The fourth-order valence-electron chi connectivity index (χ4n) is 1.99. The summed E-state index contributed by atoms with van der Waals surface area (Å²) in [5.41, 5.74) is 2.14. The van der Waals surface area contributed by atoms with Crippen molar-refractivity contribution in [2.75, 3.05) is 16.0 Å². The van der Waals surface area contributed by atoms with Crippen LogP contribution in [0.2, 0.25) is 5.02 Å². The molecule has 0 aliphatic carbocycles. The van der Waals surface area contributed by atoms with Gasteiger partial charge in [-0.05, 0) is 49.4 Å². The minimum absolute atomic E-state index is 0.125. The molecule has 2 rings (SSSR count). The minimum Gasteiger partial charge on any atom is -0.374 e. The predicted molar refractivity (Wildman–Crippen MR) is 93.9 cm³/mol. The van der Waals surface area contributed by atoms with Gasteiger partial charge in [0.1, 0.15) is 6.04 Å². The summed E-state index contributed by atoms with van der Waals surface area (Å²) in [4.78, 5) is 23.1. The maximum absolute atomic E-state index is 12.2. The van der Waals surface area contributed by atoms with Crippen molar-refractivity contribution in [1.82, 2.24) is 0 Å². The molecule has 2 aromatic rings. The zero-order valence-corrected chi connectivity index (χ0v) is 13.6. The van der Waals surface area contributed by atoms with Crippen LogP contribution in [0.3, 0.4) is 0 Å². The summed E-state index contributed by atoms with van der Waals surface area (Å²) in [6, 6.07) is 13.7. The van der Waals surface area contributed by atoms with E-state index in [2.05, 4.69) is 16.0 Å². The van der Waals surface area contributed by atoms with E-state index in [9.17, 15) is 9.59 Å². The fraction of sp³-hybridized carbons (Fsp3) is 0.176. The maximum atomic E-state index is 12.2. The van der Waals surface area contributed by atoms with Crippen LogP contribution in [0.15, 0.2) is 48.5 Å². The van der Waals surface area contributed by atoms with Gasteiger partial charge in [0.05, 0.1) is 0 Å². The molecule has 0 spiro atoms. The molecule has 2 aromatic carbocycles. The lowest BCUT2D eigenvalue weighted by Gasteiger charge is -2.16. The average molecular weight is 332 g/mol. The summed E-state index contributed by atoms with van der Waals surface area (Å²) < 4.78 is 0. The monoisotopic (exact) mass is 331 g/mol. The summed E-state index contributed by atoms with van der Waals surface area (Å²) >= 11 is 5.89. The Kier molecular flexibility index (Phi) is 5.60. The number of anilines is 3. The quantitative estimate of drug-likeness (QED) is 0.781. The Morgan fingerprint density at radius 1 is 0.957 bits per heavy atom. The third-order valence-electron chi connectivity index (χ3n) is 3.07. The molecule has 1 atom stereocenters. The van der Waals surface area contributed by atoms with Crippen LogP contribution >= 0.6 is 11.6 Å². The molecule has 0 fully saturated rings. The molecule has 0 saturated carbocycles. The smallest absolute Gasteiger partial charge is 0.246 e. The molecular weight excluding hydrogens is 314 g/mol. The number of halogens is 1. The van der Waals surface area contributed by atoms with E-state index in [4.69, 9.17) is 11.6 Å². The van der Waals surface area contributed by atoms with Gasteiger partial charge in [-0.15, -0.1) is 0 Å². The first-order valence-electron chi connectivity index (χ1n) is 7.14. The second-order valence-electron chi connectivity index (χ2n) is 5.12. The Hall–Kier alpha value is -2.53. The van der Waals surface area contributed by atoms with Gasteiger partial charge in [-0.25, -0.2) is 0 Å². The number of rotatable bonds is 5. The standard InChI is InChI=1S/C17H18ClN3O2/c1-11(17(23)21-16-5-3-4-13(18)10-16)19-14-6-8-15(9-7-14)20-12(2)22/h3-11,19H,1-2H3,(H,20,22)(H,21,23)/t11-/m0/s1. The molecule has 0 heterocycles. The van der Waals surface area contributed by atoms with Gasteiger partial charge in [0.25, 0.3) is 0 Å². The van der Waals surface area contributed by atoms with Crippen LogP contribution in [0, 0.1) is 0 Å². The molecular formula is C17H18ClN3O2. The van der Waals surface area contributed by atoms with Crippen molar-refractivity contribution in [3.63, 3.8) is 0 Å². The van der Waals surface area contributed by atoms with Gasteiger partial charge in [0.2, 0.25) is 11.8 Å². The number of benzene rings is 2. The molecule has 0 saturated heterocycles. The van der Waals surface area contributed by atoms with Gasteiger partial charge in [-0.1, -0.05) is 17.7 Å². The van der Waals surface area contributed by atoms with Crippen LogP contribution in [0.4, 0.5) is 17.1 Å². The highest BCUT2D eigenvalue weighted by molar-refractivity contribution is 6.30. The summed E-state index contributed by atoms with van der Waals surface area (Å²) in [6.45, 7) is 3.22.